The van der Waals surface area contributed by atoms with Gasteiger partial charge < -0.3 is 15.4 Å². The van der Waals surface area contributed by atoms with E-state index in [0.29, 0.717) is 18.8 Å². The number of ether oxygens (including phenoxy) is 1. The van der Waals surface area contributed by atoms with Crippen LogP contribution in [0.5, 0.6) is 5.75 Å². The Hall–Kier alpha value is -2.49. The van der Waals surface area contributed by atoms with E-state index in [1.807, 2.05) is 48.2 Å². The van der Waals surface area contributed by atoms with E-state index in [9.17, 15) is 4.79 Å². The van der Waals surface area contributed by atoms with Gasteiger partial charge in [-0.3, -0.25) is 4.79 Å². The molecule has 0 saturated carbocycles. The highest BCUT2D eigenvalue weighted by atomic mass is 16.5. The molecule has 0 aromatic heterocycles. The first-order chi connectivity index (χ1) is 10.6. The Balaban J connectivity index is 1.60. The van der Waals surface area contributed by atoms with Crippen molar-refractivity contribution in [3.8, 4) is 5.75 Å². The maximum absolute atomic E-state index is 12.5. The van der Waals surface area contributed by atoms with E-state index in [4.69, 9.17) is 10.5 Å². The average Bonchev–Trinajstić information content (AvgIpc) is 2.52. The van der Waals surface area contributed by atoms with Gasteiger partial charge in [-0.15, -0.1) is 0 Å². The van der Waals surface area contributed by atoms with Gasteiger partial charge in [0, 0.05) is 17.8 Å². The molecule has 0 fully saturated rings. The summed E-state index contributed by atoms with van der Waals surface area (Å²) in [5.74, 6) is 0.876. The summed E-state index contributed by atoms with van der Waals surface area (Å²) >= 11 is 0. The van der Waals surface area contributed by atoms with E-state index < -0.39 is 0 Å². The second kappa shape index (κ2) is 6.10. The number of hydrogen-bond donors (Lipinski definition) is 1. The lowest BCUT2D eigenvalue weighted by molar-refractivity contribution is 0.0714. The summed E-state index contributed by atoms with van der Waals surface area (Å²) in [5.41, 5.74) is 9.42. The van der Waals surface area contributed by atoms with E-state index in [2.05, 4.69) is 0 Å². The minimum absolute atomic E-state index is 0.0426. The zero-order chi connectivity index (χ0) is 15.5. The van der Waals surface area contributed by atoms with Gasteiger partial charge in [0.25, 0.3) is 5.91 Å². The number of nitrogens with two attached hydrogens (primary N) is 1. The molecule has 0 spiro atoms. The number of benzene rings is 2. The second-order valence-electron chi connectivity index (χ2n) is 5.62. The first-order valence-corrected chi connectivity index (χ1v) is 7.50. The topological polar surface area (TPSA) is 55.6 Å². The number of carbonyl (C=O) groups is 1. The van der Waals surface area contributed by atoms with Crippen LogP contribution in [0.3, 0.4) is 0 Å². The molecule has 0 atom stereocenters. The fraction of sp³-hybridized carbons (Fsp3) is 0.278. The van der Waals surface area contributed by atoms with Crippen LogP contribution in [0.15, 0.2) is 42.5 Å². The van der Waals surface area contributed by atoms with E-state index in [1.54, 1.807) is 6.07 Å². The number of rotatable bonds is 4. The Kier molecular flexibility index (Phi) is 4.00. The summed E-state index contributed by atoms with van der Waals surface area (Å²) in [6.07, 6.45) is 0.867. The molecule has 1 heterocycles. The van der Waals surface area contributed by atoms with E-state index in [1.165, 1.54) is 5.56 Å². The highest BCUT2D eigenvalue weighted by Crippen LogP contribution is 2.21. The summed E-state index contributed by atoms with van der Waals surface area (Å²) in [4.78, 5) is 14.3. The molecular formula is C18H20N2O2. The molecule has 2 N–H and O–H groups in total. The van der Waals surface area contributed by atoms with Crippen LogP contribution in [0.25, 0.3) is 0 Å². The van der Waals surface area contributed by atoms with Gasteiger partial charge in [0.2, 0.25) is 0 Å². The van der Waals surface area contributed by atoms with Crippen molar-refractivity contribution in [2.75, 3.05) is 25.4 Å². The molecule has 4 nitrogen and oxygen atoms in total. The first-order valence-electron chi connectivity index (χ1n) is 7.50. The smallest absolute Gasteiger partial charge is 0.254 e. The van der Waals surface area contributed by atoms with Crippen molar-refractivity contribution < 1.29 is 9.53 Å². The third-order valence-electron chi connectivity index (χ3n) is 3.95. The molecule has 3 rings (SSSR count). The maximum atomic E-state index is 12.5. The van der Waals surface area contributed by atoms with Gasteiger partial charge in [0.15, 0.2) is 0 Å². The number of nitrogens with zero attached hydrogens (tertiary/aromatic N) is 1. The molecule has 1 aliphatic heterocycles. The number of carbonyl (C=O) groups excluding carboxylic acids is 1. The van der Waals surface area contributed by atoms with Crippen molar-refractivity contribution in [1.82, 2.24) is 4.90 Å². The lowest BCUT2D eigenvalue weighted by atomic mass is 9.98. The predicted molar refractivity (Wildman–Crippen MR) is 87.1 cm³/mol. The second-order valence-corrected chi connectivity index (χ2v) is 5.62. The van der Waals surface area contributed by atoms with Crippen molar-refractivity contribution in [1.29, 1.82) is 0 Å². The SMILES string of the molecule is Cc1ccc(OCCN2CCc3ccc(N)cc3C2=O)cc1. The highest BCUT2D eigenvalue weighted by Gasteiger charge is 2.24. The predicted octanol–water partition coefficient (Wildman–Crippen LogP) is 2.65. The summed E-state index contributed by atoms with van der Waals surface area (Å²) in [6.45, 7) is 3.85. The Bertz CT molecular complexity index is 680. The van der Waals surface area contributed by atoms with E-state index in [0.717, 1.165) is 29.8 Å². The number of aryl methyl sites for hydroxylation is 1. The highest BCUT2D eigenvalue weighted by molar-refractivity contribution is 5.97. The van der Waals surface area contributed by atoms with Crippen molar-refractivity contribution in [2.45, 2.75) is 13.3 Å². The maximum Gasteiger partial charge on any atom is 0.254 e. The van der Waals surface area contributed by atoms with Crippen molar-refractivity contribution >= 4 is 11.6 Å². The minimum Gasteiger partial charge on any atom is -0.492 e. The molecule has 0 aliphatic carbocycles. The summed E-state index contributed by atoms with van der Waals surface area (Å²) < 4.78 is 5.71. The van der Waals surface area contributed by atoms with Gasteiger partial charge in [-0.05, 0) is 43.2 Å². The Morgan fingerprint density at radius 2 is 1.95 bits per heavy atom. The van der Waals surface area contributed by atoms with Gasteiger partial charge in [-0.1, -0.05) is 23.8 Å². The molecule has 4 heteroatoms. The number of anilines is 1. The number of hydrogen-bond acceptors (Lipinski definition) is 3. The summed E-state index contributed by atoms with van der Waals surface area (Å²) in [7, 11) is 0. The molecule has 0 radical (unpaired) electrons. The molecule has 2 aromatic carbocycles. The third kappa shape index (κ3) is 3.06. The van der Waals surface area contributed by atoms with Crippen molar-refractivity contribution in [2.24, 2.45) is 0 Å². The van der Waals surface area contributed by atoms with Gasteiger partial charge in [0.05, 0.1) is 6.54 Å². The monoisotopic (exact) mass is 296 g/mol. The van der Waals surface area contributed by atoms with E-state index in [-0.39, 0.29) is 5.91 Å². The van der Waals surface area contributed by atoms with Crippen LogP contribution in [-0.2, 0) is 6.42 Å². The van der Waals surface area contributed by atoms with Crippen molar-refractivity contribution in [3.05, 3.63) is 59.2 Å². The number of fused-ring (bicyclic) bond motifs is 1. The molecule has 1 amide bonds. The summed E-state index contributed by atoms with van der Waals surface area (Å²) in [5, 5.41) is 0. The van der Waals surface area contributed by atoms with Crippen LogP contribution in [0.2, 0.25) is 0 Å². The fourth-order valence-electron chi connectivity index (χ4n) is 2.66. The average molecular weight is 296 g/mol. The lowest BCUT2D eigenvalue weighted by Crippen LogP contribution is -2.40. The Labute approximate surface area is 130 Å². The van der Waals surface area contributed by atoms with Crippen molar-refractivity contribution in [3.63, 3.8) is 0 Å². The van der Waals surface area contributed by atoms with Crippen LogP contribution in [0.1, 0.15) is 21.5 Å². The van der Waals surface area contributed by atoms with E-state index >= 15 is 0 Å². The molecule has 114 valence electrons. The van der Waals surface area contributed by atoms with Crippen LogP contribution >= 0.6 is 0 Å². The molecule has 0 saturated heterocycles. The fourth-order valence-corrected chi connectivity index (χ4v) is 2.66. The standard InChI is InChI=1S/C18H20N2O2/c1-13-2-6-16(7-3-13)22-11-10-20-9-8-14-4-5-15(19)12-17(14)18(20)21/h2-7,12H,8-11,19H2,1H3. The van der Waals surface area contributed by atoms with Crippen LogP contribution in [0, 0.1) is 6.92 Å². The Morgan fingerprint density at radius 1 is 1.18 bits per heavy atom. The molecule has 1 aliphatic rings. The lowest BCUT2D eigenvalue weighted by Gasteiger charge is -2.28. The third-order valence-corrected chi connectivity index (χ3v) is 3.95. The minimum atomic E-state index is 0.0426. The van der Waals surface area contributed by atoms with Gasteiger partial charge in [0.1, 0.15) is 12.4 Å². The summed E-state index contributed by atoms with van der Waals surface area (Å²) in [6, 6.07) is 13.5. The van der Waals surface area contributed by atoms with Gasteiger partial charge in [-0.25, -0.2) is 0 Å². The number of nitrogen functional groups attached to an aromatic ring is 1. The normalized spacial score (nSPS) is 13.9. The Morgan fingerprint density at radius 3 is 2.73 bits per heavy atom. The molecule has 2 aromatic rings. The first kappa shape index (κ1) is 14.4. The van der Waals surface area contributed by atoms with Crippen LogP contribution in [0.4, 0.5) is 5.69 Å². The van der Waals surface area contributed by atoms with Crippen LogP contribution in [-0.4, -0.2) is 30.5 Å². The largest absolute Gasteiger partial charge is 0.492 e. The quantitative estimate of drug-likeness (QED) is 0.883. The van der Waals surface area contributed by atoms with Crippen LogP contribution < -0.4 is 10.5 Å². The zero-order valence-electron chi connectivity index (χ0n) is 12.7. The van der Waals surface area contributed by atoms with Gasteiger partial charge in [-0.2, -0.15) is 0 Å². The van der Waals surface area contributed by atoms with Gasteiger partial charge >= 0.3 is 0 Å². The molecule has 22 heavy (non-hydrogen) atoms. The molecular weight excluding hydrogens is 276 g/mol. The molecule has 0 unspecified atom stereocenters. The zero-order valence-corrected chi connectivity index (χ0v) is 12.7. The number of amides is 1. The molecule has 0 bridgehead atoms.